The van der Waals surface area contributed by atoms with Gasteiger partial charge in [0.2, 0.25) is 0 Å². The van der Waals surface area contributed by atoms with Gasteiger partial charge in [-0.3, -0.25) is 4.79 Å². The van der Waals surface area contributed by atoms with Crippen LogP contribution in [0.25, 0.3) is 0 Å². The number of para-hydroxylation sites is 1. The van der Waals surface area contributed by atoms with Gasteiger partial charge in [-0.2, -0.15) is 0 Å². The summed E-state index contributed by atoms with van der Waals surface area (Å²) in [5.74, 6) is 1.97. The van der Waals surface area contributed by atoms with Crippen molar-refractivity contribution >= 4 is 29.0 Å². The largest absolute Gasteiger partial charge is 0.496 e. The third kappa shape index (κ3) is 5.23. The van der Waals surface area contributed by atoms with Gasteiger partial charge in [-0.15, -0.1) is 23.1 Å². The van der Waals surface area contributed by atoms with Crippen molar-refractivity contribution < 1.29 is 9.53 Å². The van der Waals surface area contributed by atoms with Crippen LogP contribution in [-0.4, -0.2) is 30.3 Å². The predicted molar refractivity (Wildman–Crippen MR) is 95.2 cm³/mol. The summed E-state index contributed by atoms with van der Waals surface area (Å²) in [5.41, 5.74) is 5.95. The molecule has 0 saturated carbocycles. The number of hydrogen-bond donors (Lipinski definition) is 2. The van der Waals surface area contributed by atoms with E-state index in [9.17, 15) is 4.79 Å². The van der Waals surface area contributed by atoms with Crippen LogP contribution in [0.2, 0.25) is 0 Å². The maximum Gasteiger partial charge on any atom is 0.270 e. The monoisotopic (exact) mass is 351 g/mol. The van der Waals surface area contributed by atoms with Gasteiger partial charge in [0.05, 0.1) is 7.11 Å². The summed E-state index contributed by atoms with van der Waals surface area (Å²) < 4.78 is 5.34. The molecular formula is C16H21N3O2S2. The number of nitrogens with zero attached hydrogens (tertiary/aromatic N) is 1. The molecule has 2 aromatic rings. The molecule has 0 spiro atoms. The first-order valence-electron chi connectivity index (χ1n) is 7.32. The van der Waals surface area contributed by atoms with Crippen molar-refractivity contribution in [3.05, 3.63) is 40.3 Å². The Morgan fingerprint density at radius 2 is 2.26 bits per heavy atom. The molecule has 124 valence electrons. The van der Waals surface area contributed by atoms with Gasteiger partial charge >= 0.3 is 0 Å². The van der Waals surface area contributed by atoms with Gasteiger partial charge in [0, 0.05) is 29.1 Å². The van der Waals surface area contributed by atoms with E-state index in [2.05, 4.69) is 17.2 Å². The number of methoxy groups -OCH3 is 1. The molecule has 1 unspecified atom stereocenters. The standard InChI is InChI=1S/C16H21N3O2S2/c1-11(9-22-14-6-4-3-5-13(14)21-2)8-18-16(20)12-10-23-15(7-17)19-12/h3-6,10-11H,7-9,17H2,1-2H3,(H,18,20). The van der Waals surface area contributed by atoms with E-state index in [1.807, 2.05) is 24.3 Å². The molecule has 0 bridgehead atoms. The van der Waals surface area contributed by atoms with Crippen molar-refractivity contribution in [3.8, 4) is 5.75 Å². The zero-order valence-electron chi connectivity index (χ0n) is 13.2. The number of carbonyl (C=O) groups is 1. The van der Waals surface area contributed by atoms with Crippen LogP contribution in [0, 0.1) is 5.92 Å². The van der Waals surface area contributed by atoms with E-state index >= 15 is 0 Å². The van der Waals surface area contributed by atoms with Crippen LogP contribution in [0.1, 0.15) is 22.4 Å². The van der Waals surface area contributed by atoms with Crippen molar-refractivity contribution in [1.29, 1.82) is 0 Å². The minimum Gasteiger partial charge on any atom is -0.496 e. The van der Waals surface area contributed by atoms with Gasteiger partial charge in [-0.1, -0.05) is 19.1 Å². The number of thiazole rings is 1. The van der Waals surface area contributed by atoms with Crippen molar-refractivity contribution in [2.45, 2.75) is 18.4 Å². The van der Waals surface area contributed by atoms with Crippen LogP contribution >= 0.6 is 23.1 Å². The minimum absolute atomic E-state index is 0.143. The summed E-state index contributed by atoms with van der Waals surface area (Å²) in [4.78, 5) is 17.3. The van der Waals surface area contributed by atoms with Crippen molar-refractivity contribution in [2.75, 3.05) is 19.4 Å². The molecule has 1 aromatic carbocycles. The van der Waals surface area contributed by atoms with Crippen molar-refractivity contribution in [2.24, 2.45) is 11.7 Å². The number of nitrogens with two attached hydrogens (primary N) is 1. The number of amides is 1. The van der Waals surface area contributed by atoms with Crippen molar-refractivity contribution in [3.63, 3.8) is 0 Å². The second-order valence-electron chi connectivity index (χ2n) is 5.11. The topological polar surface area (TPSA) is 77.2 Å². The van der Waals surface area contributed by atoms with Crippen LogP contribution in [0.4, 0.5) is 0 Å². The Hall–Kier alpha value is -1.57. The lowest BCUT2D eigenvalue weighted by Gasteiger charge is -2.13. The van der Waals surface area contributed by atoms with Crippen LogP contribution in [0.15, 0.2) is 34.5 Å². The van der Waals surface area contributed by atoms with Gasteiger partial charge in [0.15, 0.2) is 0 Å². The van der Waals surface area contributed by atoms with Crippen LogP contribution in [-0.2, 0) is 6.54 Å². The van der Waals surface area contributed by atoms with Gasteiger partial charge in [-0.25, -0.2) is 4.98 Å². The van der Waals surface area contributed by atoms with Crippen LogP contribution < -0.4 is 15.8 Å². The molecule has 1 heterocycles. The first-order chi connectivity index (χ1) is 11.1. The molecule has 0 fully saturated rings. The summed E-state index contributed by atoms with van der Waals surface area (Å²) >= 11 is 3.14. The number of carbonyl (C=O) groups excluding carboxylic acids is 1. The average molecular weight is 351 g/mol. The Kier molecular flexibility index (Phi) is 6.88. The third-order valence-electron chi connectivity index (χ3n) is 3.16. The second kappa shape index (κ2) is 8.90. The number of ether oxygens (including phenoxy) is 1. The fourth-order valence-electron chi connectivity index (χ4n) is 1.90. The number of rotatable bonds is 8. The van der Waals surface area contributed by atoms with Crippen molar-refractivity contribution in [1.82, 2.24) is 10.3 Å². The smallest absolute Gasteiger partial charge is 0.270 e. The lowest BCUT2D eigenvalue weighted by atomic mass is 10.2. The summed E-state index contributed by atoms with van der Waals surface area (Å²) in [5, 5.41) is 5.44. The molecule has 0 saturated heterocycles. The quantitative estimate of drug-likeness (QED) is 0.715. The van der Waals surface area contributed by atoms with Gasteiger partial charge < -0.3 is 15.8 Å². The molecule has 1 aromatic heterocycles. The second-order valence-corrected chi connectivity index (χ2v) is 7.11. The molecular weight excluding hydrogens is 330 g/mol. The van der Waals surface area contributed by atoms with E-state index in [1.165, 1.54) is 11.3 Å². The molecule has 1 atom stereocenters. The number of nitrogens with one attached hydrogen (secondary N) is 1. The Morgan fingerprint density at radius 3 is 2.96 bits per heavy atom. The Bertz CT molecular complexity index is 646. The summed E-state index contributed by atoms with van der Waals surface area (Å²) in [6, 6.07) is 7.94. The fourth-order valence-corrected chi connectivity index (χ4v) is 3.60. The zero-order chi connectivity index (χ0) is 16.7. The van der Waals surface area contributed by atoms with E-state index in [0.29, 0.717) is 24.7 Å². The van der Waals surface area contributed by atoms with Gasteiger partial charge in [0.1, 0.15) is 16.5 Å². The first-order valence-corrected chi connectivity index (χ1v) is 9.19. The van der Waals surface area contributed by atoms with Gasteiger partial charge in [0.25, 0.3) is 5.91 Å². The highest BCUT2D eigenvalue weighted by Gasteiger charge is 2.12. The van der Waals surface area contributed by atoms with Gasteiger partial charge in [-0.05, 0) is 18.1 Å². The van der Waals surface area contributed by atoms with E-state index in [0.717, 1.165) is 21.4 Å². The number of hydrogen-bond acceptors (Lipinski definition) is 6. The maximum atomic E-state index is 12.0. The van der Waals surface area contributed by atoms with E-state index in [-0.39, 0.29) is 5.91 Å². The Balaban J connectivity index is 1.78. The molecule has 0 radical (unpaired) electrons. The third-order valence-corrected chi connectivity index (χ3v) is 5.42. The van der Waals surface area contributed by atoms with Crippen LogP contribution in [0.3, 0.4) is 0 Å². The molecule has 5 nitrogen and oxygen atoms in total. The minimum atomic E-state index is -0.143. The van der Waals surface area contributed by atoms with E-state index in [1.54, 1.807) is 24.3 Å². The van der Waals surface area contributed by atoms with Crippen LogP contribution in [0.5, 0.6) is 5.75 Å². The average Bonchev–Trinajstić information content (AvgIpc) is 3.07. The summed E-state index contributed by atoms with van der Waals surface area (Å²) in [6.07, 6.45) is 0. The molecule has 0 aliphatic carbocycles. The van der Waals surface area contributed by atoms with E-state index < -0.39 is 0 Å². The fraction of sp³-hybridized carbons (Fsp3) is 0.375. The number of benzene rings is 1. The molecule has 2 rings (SSSR count). The molecule has 3 N–H and O–H groups in total. The summed E-state index contributed by atoms with van der Waals surface area (Å²) in [7, 11) is 1.67. The first kappa shape index (κ1) is 17.8. The lowest BCUT2D eigenvalue weighted by Crippen LogP contribution is -2.29. The maximum absolute atomic E-state index is 12.0. The molecule has 23 heavy (non-hydrogen) atoms. The zero-order valence-corrected chi connectivity index (χ0v) is 14.9. The Morgan fingerprint density at radius 1 is 1.48 bits per heavy atom. The molecule has 0 aliphatic rings. The van der Waals surface area contributed by atoms with E-state index in [4.69, 9.17) is 10.5 Å². The highest BCUT2D eigenvalue weighted by atomic mass is 32.2. The highest BCUT2D eigenvalue weighted by molar-refractivity contribution is 7.99. The molecule has 0 aliphatic heterocycles. The normalized spacial score (nSPS) is 12.0. The lowest BCUT2D eigenvalue weighted by molar-refractivity contribution is 0.0945. The highest BCUT2D eigenvalue weighted by Crippen LogP contribution is 2.29. The molecule has 7 heteroatoms. The number of aromatic nitrogens is 1. The SMILES string of the molecule is COc1ccccc1SCC(C)CNC(=O)c1csc(CN)n1. The Labute approximate surface area is 144 Å². The molecule has 1 amide bonds. The number of thioether (sulfide) groups is 1. The predicted octanol–water partition coefficient (Wildman–Crippen LogP) is 2.77. The summed E-state index contributed by atoms with van der Waals surface area (Å²) in [6.45, 7) is 3.08.